The molecule has 0 unspecified atom stereocenters. The molecule has 3 aromatic rings. The smallest absolute Gasteiger partial charge is 0.257 e. The van der Waals surface area contributed by atoms with Crippen molar-refractivity contribution in [2.75, 3.05) is 10.6 Å². The summed E-state index contributed by atoms with van der Waals surface area (Å²) in [6, 6.07) is 10.2. The van der Waals surface area contributed by atoms with Gasteiger partial charge in [0.2, 0.25) is 0 Å². The molecular weight excluding hydrogens is 360 g/mol. The highest BCUT2D eigenvalue weighted by atomic mass is 35.5. The van der Waals surface area contributed by atoms with Gasteiger partial charge in [-0.1, -0.05) is 17.7 Å². The lowest BCUT2D eigenvalue weighted by molar-refractivity contribution is 0.102. The maximum atomic E-state index is 13.3. The number of pyridine rings is 1. The molecular formula is C19H14ClF2N3O. The molecule has 1 aromatic heterocycles. The summed E-state index contributed by atoms with van der Waals surface area (Å²) in [5.41, 5.74) is 2.57. The van der Waals surface area contributed by atoms with E-state index in [0.29, 0.717) is 27.6 Å². The zero-order valence-corrected chi connectivity index (χ0v) is 14.4. The van der Waals surface area contributed by atoms with E-state index in [9.17, 15) is 13.6 Å². The van der Waals surface area contributed by atoms with Crippen LogP contribution < -0.4 is 10.6 Å². The monoisotopic (exact) mass is 373 g/mol. The Kier molecular flexibility index (Phi) is 5.14. The summed E-state index contributed by atoms with van der Waals surface area (Å²) < 4.78 is 26.3. The molecule has 0 bridgehead atoms. The lowest BCUT2D eigenvalue weighted by Crippen LogP contribution is -2.13. The molecule has 3 rings (SSSR count). The predicted molar refractivity (Wildman–Crippen MR) is 98.0 cm³/mol. The number of halogens is 3. The lowest BCUT2D eigenvalue weighted by atomic mass is 10.2. The number of nitrogens with zero attached hydrogens (tertiary/aromatic N) is 1. The van der Waals surface area contributed by atoms with Crippen molar-refractivity contribution in [1.29, 1.82) is 0 Å². The number of benzene rings is 2. The van der Waals surface area contributed by atoms with Gasteiger partial charge in [0.15, 0.2) is 11.6 Å². The van der Waals surface area contributed by atoms with Crippen LogP contribution in [-0.2, 0) is 0 Å². The summed E-state index contributed by atoms with van der Waals surface area (Å²) in [6.45, 7) is 1.85. The Labute approximate surface area is 153 Å². The zero-order valence-electron chi connectivity index (χ0n) is 13.7. The Bertz CT molecular complexity index is 979. The minimum Gasteiger partial charge on any atom is -0.354 e. The Hall–Kier alpha value is -2.99. The van der Waals surface area contributed by atoms with Gasteiger partial charge in [-0.3, -0.25) is 9.78 Å². The van der Waals surface area contributed by atoms with Crippen LogP contribution in [-0.4, -0.2) is 10.9 Å². The van der Waals surface area contributed by atoms with E-state index in [1.807, 2.05) is 6.92 Å². The Morgan fingerprint density at radius 2 is 1.81 bits per heavy atom. The van der Waals surface area contributed by atoms with Crippen molar-refractivity contribution >= 4 is 34.6 Å². The normalized spacial score (nSPS) is 10.5. The van der Waals surface area contributed by atoms with Crippen LogP contribution in [0, 0.1) is 18.6 Å². The second kappa shape index (κ2) is 7.49. The number of carbonyl (C=O) groups is 1. The van der Waals surface area contributed by atoms with E-state index in [1.165, 1.54) is 18.5 Å². The third-order valence-electron chi connectivity index (χ3n) is 3.66. The zero-order chi connectivity index (χ0) is 18.7. The van der Waals surface area contributed by atoms with Gasteiger partial charge >= 0.3 is 0 Å². The average molecular weight is 374 g/mol. The van der Waals surface area contributed by atoms with Gasteiger partial charge in [-0.05, 0) is 42.8 Å². The topological polar surface area (TPSA) is 54.0 Å². The summed E-state index contributed by atoms with van der Waals surface area (Å²) in [7, 11) is 0. The summed E-state index contributed by atoms with van der Waals surface area (Å²) in [5.74, 6) is -2.26. The van der Waals surface area contributed by atoms with Gasteiger partial charge in [0.1, 0.15) is 0 Å². The quantitative estimate of drug-likeness (QED) is 0.651. The molecule has 0 fully saturated rings. The Morgan fingerprint density at radius 1 is 1.00 bits per heavy atom. The molecule has 1 amide bonds. The molecule has 0 aliphatic carbocycles. The minimum atomic E-state index is -0.965. The van der Waals surface area contributed by atoms with Crippen LogP contribution in [0.4, 0.5) is 25.8 Å². The molecule has 0 atom stereocenters. The van der Waals surface area contributed by atoms with Crippen LogP contribution in [0.3, 0.4) is 0 Å². The molecule has 132 valence electrons. The fourth-order valence-electron chi connectivity index (χ4n) is 2.30. The lowest BCUT2D eigenvalue weighted by Gasteiger charge is -2.10. The van der Waals surface area contributed by atoms with E-state index in [1.54, 1.807) is 24.3 Å². The number of aryl methyl sites for hydroxylation is 1. The van der Waals surface area contributed by atoms with Gasteiger partial charge in [0.05, 0.1) is 17.4 Å². The van der Waals surface area contributed by atoms with Crippen LogP contribution in [0.2, 0.25) is 5.02 Å². The number of aromatic nitrogens is 1. The number of nitrogens with one attached hydrogen (secondary N) is 2. The average Bonchev–Trinajstić information content (AvgIpc) is 2.61. The van der Waals surface area contributed by atoms with Gasteiger partial charge in [0, 0.05) is 28.7 Å². The standard InChI is InChI=1S/C19H14ClF2N3O/c1-11-2-3-13(20)7-18(11)25-19(26)12-6-15(10-23-9-12)24-14-4-5-16(21)17(22)8-14/h2-10,24H,1H3,(H,25,26). The van der Waals surface area contributed by atoms with E-state index in [-0.39, 0.29) is 5.91 Å². The molecule has 4 nitrogen and oxygen atoms in total. The second-order valence-corrected chi connectivity index (χ2v) is 6.07. The van der Waals surface area contributed by atoms with Crippen LogP contribution in [0.15, 0.2) is 54.9 Å². The van der Waals surface area contributed by atoms with Crippen LogP contribution in [0.1, 0.15) is 15.9 Å². The first-order valence-electron chi connectivity index (χ1n) is 7.67. The molecule has 0 spiro atoms. The molecule has 7 heteroatoms. The van der Waals surface area contributed by atoms with Crippen molar-refractivity contribution in [2.24, 2.45) is 0 Å². The van der Waals surface area contributed by atoms with Gasteiger partial charge < -0.3 is 10.6 Å². The highest BCUT2D eigenvalue weighted by Gasteiger charge is 2.10. The Morgan fingerprint density at radius 3 is 2.58 bits per heavy atom. The van der Waals surface area contributed by atoms with Crippen molar-refractivity contribution in [2.45, 2.75) is 6.92 Å². The molecule has 2 N–H and O–H groups in total. The number of hydrogen-bond donors (Lipinski definition) is 2. The molecule has 0 saturated carbocycles. The maximum Gasteiger partial charge on any atom is 0.257 e. The highest BCUT2D eigenvalue weighted by Crippen LogP contribution is 2.22. The fraction of sp³-hybridized carbons (Fsp3) is 0.0526. The van der Waals surface area contributed by atoms with Gasteiger partial charge in [-0.2, -0.15) is 0 Å². The summed E-state index contributed by atoms with van der Waals surface area (Å²) in [5, 5.41) is 6.17. The molecule has 2 aromatic carbocycles. The number of anilines is 3. The molecule has 0 saturated heterocycles. The first-order valence-corrected chi connectivity index (χ1v) is 8.05. The van der Waals surface area contributed by atoms with Crippen molar-refractivity contribution in [1.82, 2.24) is 4.98 Å². The van der Waals surface area contributed by atoms with Crippen LogP contribution >= 0.6 is 11.6 Å². The van der Waals surface area contributed by atoms with Crippen LogP contribution in [0.5, 0.6) is 0 Å². The van der Waals surface area contributed by atoms with Gasteiger partial charge in [0.25, 0.3) is 5.91 Å². The second-order valence-electron chi connectivity index (χ2n) is 5.63. The molecule has 0 aliphatic rings. The van der Waals surface area contributed by atoms with Crippen molar-refractivity contribution in [3.63, 3.8) is 0 Å². The summed E-state index contributed by atoms with van der Waals surface area (Å²) in [6.07, 6.45) is 2.88. The summed E-state index contributed by atoms with van der Waals surface area (Å²) >= 11 is 5.95. The van der Waals surface area contributed by atoms with Crippen LogP contribution in [0.25, 0.3) is 0 Å². The first-order chi connectivity index (χ1) is 12.4. The number of hydrogen-bond acceptors (Lipinski definition) is 3. The van der Waals surface area contributed by atoms with Crippen molar-refractivity contribution in [3.8, 4) is 0 Å². The molecule has 0 radical (unpaired) electrons. The van der Waals surface area contributed by atoms with Crippen molar-refractivity contribution < 1.29 is 13.6 Å². The first kappa shape index (κ1) is 17.8. The molecule has 0 aliphatic heterocycles. The predicted octanol–water partition coefficient (Wildman–Crippen LogP) is 5.32. The third-order valence-corrected chi connectivity index (χ3v) is 3.89. The Balaban J connectivity index is 1.78. The molecule has 26 heavy (non-hydrogen) atoms. The van der Waals surface area contributed by atoms with E-state index < -0.39 is 11.6 Å². The largest absolute Gasteiger partial charge is 0.354 e. The number of carbonyl (C=O) groups excluding carboxylic acids is 1. The maximum absolute atomic E-state index is 13.3. The van der Waals surface area contributed by atoms with Crippen molar-refractivity contribution in [3.05, 3.63) is 82.6 Å². The van der Waals surface area contributed by atoms with Gasteiger partial charge in [-0.15, -0.1) is 0 Å². The fourth-order valence-corrected chi connectivity index (χ4v) is 2.47. The van der Waals surface area contributed by atoms with E-state index >= 15 is 0 Å². The summed E-state index contributed by atoms with van der Waals surface area (Å²) in [4.78, 5) is 16.5. The SMILES string of the molecule is Cc1ccc(Cl)cc1NC(=O)c1cncc(Nc2ccc(F)c(F)c2)c1. The number of rotatable bonds is 4. The van der Waals surface area contributed by atoms with E-state index in [0.717, 1.165) is 17.7 Å². The van der Waals surface area contributed by atoms with Gasteiger partial charge in [-0.25, -0.2) is 8.78 Å². The van der Waals surface area contributed by atoms with E-state index in [4.69, 9.17) is 11.6 Å². The minimum absolute atomic E-state index is 0.303. The van der Waals surface area contributed by atoms with E-state index in [2.05, 4.69) is 15.6 Å². The highest BCUT2D eigenvalue weighted by molar-refractivity contribution is 6.31. The third kappa shape index (κ3) is 4.15. The molecule has 1 heterocycles. The number of amides is 1.